The van der Waals surface area contributed by atoms with Gasteiger partial charge >= 0.3 is 0 Å². The summed E-state index contributed by atoms with van der Waals surface area (Å²) >= 11 is 7.18. The molecule has 0 unspecified atom stereocenters. The van der Waals surface area contributed by atoms with Gasteiger partial charge in [-0.1, -0.05) is 66.9 Å². The molecule has 1 aromatic rings. The first-order valence-corrected chi connectivity index (χ1v) is 8.21. The zero-order valence-electron chi connectivity index (χ0n) is 11.1. The maximum atomic E-state index is 5.49. The van der Waals surface area contributed by atoms with Crippen LogP contribution in [0.15, 0.2) is 30.3 Å². The fourth-order valence-corrected chi connectivity index (χ4v) is 3.09. The smallest absolute Gasteiger partial charge is 0.137 e. The molecule has 1 aromatic carbocycles. The molecule has 0 saturated carbocycles. The molecule has 19 heavy (non-hydrogen) atoms. The van der Waals surface area contributed by atoms with Crippen LogP contribution in [0.2, 0.25) is 0 Å². The Morgan fingerprint density at radius 2 is 1.79 bits per heavy atom. The highest BCUT2D eigenvalue weighted by atomic mass is 32.2. The lowest BCUT2D eigenvalue weighted by atomic mass is 10.2. The number of thiocarbonyl (C=S) groups is 1. The van der Waals surface area contributed by atoms with Crippen molar-refractivity contribution in [2.45, 2.75) is 25.7 Å². The van der Waals surface area contributed by atoms with Crippen molar-refractivity contribution in [3.05, 3.63) is 35.9 Å². The van der Waals surface area contributed by atoms with Crippen LogP contribution in [-0.2, 0) is 0 Å². The lowest BCUT2D eigenvalue weighted by molar-refractivity contribution is 0.450. The van der Waals surface area contributed by atoms with Crippen molar-refractivity contribution in [3.8, 4) is 11.8 Å². The van der Waals surface area contributed by atoms with Crippen LogP contribution in [-0.4, -0.2) is 28.1 Å². The predicted molar refractivity (Wildman–Crippen MR) is 88.4 cm³/mol. The van der Waals surface area contributed by atoms with E-state index in [0.29, 0.717) is 0 Å². The van der Waals surface area contributed by atoms with E-state index < -0.39 is 0 Å². The third-order valence-corrected chi connectivity index (χ3v) is 4.54. The fraction of sp³-hybridized carbons (Fsp3) is 0.438. The van der Waals surface area contributed by atoms with Crippen LogP contribution in [0.4, 0.5) is 0 Å². The Balaban J connectivity index is 1.76. The maximum absolute atomic E-state index is 5.49. The second-order valence-corrected chi connectivity index (χ2v) is 6.23. The minimum atomic E-state index is 0.782. The van der Waals surface area contributed by atoms with Crippen LogP contribution in [0.5, 0.6) is 0 Å². The van der Waals surface area contributed by atoms with Crippen molar-refractivity contribution >= 4 is 28.3 Å². The molecule has 0 aliphatic carbocycles. The number of hydrogen-bond donors (Lipinski definition) is 0. The maximum Gasteiger partial charge on any atom is 0.137 e. The van der Waals surface area contributed by atoms with Gasteiger partial charge in [0.25, 0.3) is 0 Å². The van der Waals surface area contributed by atoms with Crippen molar-refractivity contribution in [1.82, 2.24) is 4.90 Å². The number of benzene rings is 1. The molecule has 100 valence electrons. The highest BCUT2D eigenvalue weighted by Gasteiger charge is 2.11. The number of rotatable bonds is 1. The molecule has 1 aliphatic rings. The summed E-state index contributed by atoms with van der Waals surface area (Å²) in [5.74, 6) is 7.13. The molecule has 1 aliphatic heterocycles. The molecule has 2 rings (SSSR count). The molecule has 1 nitrogen and oxygen atoms in total. The van der Waals surface area contributed by atoms with Crippen LogP contribution in [0.3, 0.4) is 0 Å². The van der Waals surface area contributed by atoms with Crippen molar-refractivity contribution in [3.63, 3.8) is 0 Å². The summed E-state index contributed by atoms with van der Waals surface area (Å²) in [4.78, 5) is 2.34. The largest absolute Gasteiger partial charge is 0.357 e. The second kappa shape index (κ2) is 8.24. The van der Waals surface area contributed by atoms with Crippen molar-refractivity contribution in [1.29, 1.82) is 0 Å². The summed E-state index contributed by atoms with van der Waals surface area (Å²) in [5, 5.41) is 0. The van der Waals surface area contributed by atoms with Crippen molar-refractivity contribution in [2.75, 3.05) is 18.8 Å². The van der Waals surface area contributed by atoms with E-state index in [9.17, 15) is 0 Å². The van der Waals surface area contributed by atoms with Gasteiger partial charge in [0.1, 0.15) is 4.32 Å². The topological polar surface area (TPSA) is 3.24 Å². The standard InChI is InChI=1S/C16H19NS2/c18-16(17-12-6-1-2-7-13-17)19-14-8-11-15-9-4-3-5-10-15/h3-5,9-10H,1-2,6-7,12-14H2. The van der Waals surface area contributed by atoms with E-state index in [1.54, 1.807) is 11.8 Å². The zero-order chi connectivity index (χ0) is 13.3. The first-order chi connectivity index (χ1) is 9.36. The van der Waals surface area contributed by atoms with E-state index in [0.717, 1.165) is 28.7 Å². The molecule has 1 heterocycles. The molecule has 1 saturated heterocycles. The Morgan fingerprint density at radius 1 is 1.11 bits per heavy atom. The zero-order valence-corrected chi connectivity index (χ0v) is 12.7. The summed E-state index contributed by atoms with van der Waals surface area (Å²) in [6.07, 6.45) is 5.24. The van der Waals surface area contributed by atoms with Crippen LogP contribution in [0, 0.1) is 11.8 Å². The fourth-order valence-electron chi connectivity index (χ4n) is 2.10. The highest BCUT2D eigenvalue weighted by molar-refractivity contribution is 8.23. The highest BCUT2D eigenvalue weighted by Crippen LogP contribution is 2.15. The Hall–Kier alpha value is -0.980. The minimum Gasteiger partial charge on any atom is -0.357 e. The van der Waals surface area contributed by atoms with E-state index in [4.69, 9.17) is 12.2 Å². The third kappa shape index (κ3) is 5.26. The second-order valence-electron chi connectivity index (χ2n) is 4.62. The predicted octanol–water partition coefficient (Wildman–Crippen LogP) is 3.93. The summed E-state index contributed by atoms with van der Waals surface area (Å²) in [5.41, 5.74) is 1.07. The van der Waals surface area contributed by atoms with Gasteiger partial charge < -0.3 is 4.90 Å². The molecule has 0 N–H and O–H groups in total. The number of likely N-dealkylation sites (tertiary alicyclic amines) is 1. The average molecular weight is 289 g/mol. The molecule has 1 fully saturated rings. The first-order valence-electron chi connectivity index (χ1n) is 6.82. The number of nitrogens with zero attached hydrogens (tertiary/aromatic N) is 1. The molecule has 0 bridgehead atoms. The minimum absolute atomic E-state index is 0.782. The van der Waals surface area contributed by atoms with E-state index in [-0.39, 0.29) is 0 Å². The molecule has 0 amide bonds. The number of thioether (sulfide) groups is 1. The van der Waals surface area contributed by atoms with Crippen LogP contribution < -0.4 is 0 Å². The Labute approximate surface area is 125 Å². The number of hydrogen-bond acceptors (Lipinski definition) is 2. The van der Waals surface area contributed by atoms with Gasteiger partial charge in [-0.2, -0.15) is 0 Å². The van der Waals surface area contributed by atoms with Crippen LogP contribution in [0.1, 0.15) is 31.2 Å². The van der Waals surface area contributed by atoms with Gasteiger partial charge in [-0.3, -0.25) is 0 Å². The first kappa shape index (κ1) is 14.4. The SMILES string of the molecule is S=C(SCC#Cc1ccccc1)N1CCCCCC1. The van der Waals surface area contributed by atoms with Crippen LogP contribution >= 0.6 is 24.0 Å². The van der Waals surface area contributed by atoms with Gasteiger partial charge in [0.05, 0.1) is 5.75 Å². The summed E-state index contributed by atoms with van der Waals surface area (Å²) < 4.78 is 1.02. The van der Waals surface area contributed by atoms with Gasteiger partial charge in [-0.15, -0.1) is 0 Å². The Bertz CT molecular complexity index is 451. The average Bonchev–Trinajstić information content (AvgIpc) is 2.73. The molecular weight excluding hydrogens is 270 g/mol. The lowest BCUT2D eigenvalue weighted by Crippen LogP contribution is -2.28. The third-order valence-electron chi connectivity index (χ3n) is 3.14. The summed E-state index contributed by atoms with van der Waals surface area (Å²) in [6.45, 7) is 2.25. The molecule has 0 aromatic heterocycles. The molecular formula is C16H19NS2. The van der Waals surface area contributed by atoms with Gasteiger partial charge in [0.2, 0.25) is 0 Å². The lowest BCUT2D eigenvalue weighted by Gasteiger charge is -2.21. The Morgan fingerprint density at radius 3 is 2.47 bits per heavy atom. The monoisotopic (exact) mass is 289 g/mol. The van der Waals surface area contributed by atoms with Crippen molar-refractivity contribution < 1.29 is 0 Å². The van der Waals surface area contributed by atoms with Gasteiger partial charge in [-0.25, -0.2) is 0 Å². The van der Waals surface area contributed by atoms with E-state index in [1.807, 2.05) is 30.3 Å². The normalized spacial score (nSPS) is 15.3. The molecule has 3 heteroatoms. The Kier molecular flexibility index (Phi) is 6.26. The quantitative estimate of drug-likeness (QED) is 0.569. The summed E-state index contributed by atoms with van der Waals surface area (Å²) in [7, 11) is 0. The van der Waals surface area contributed by atoms with Crippen molar-refractivity contribution in [2.24, 2.45) is 0 Å². The van der Waals surface area contributed by atoms with Gasteiger partial charge in [0, 0.05) is 18.7 Å². The van der Waals surface area contributed by atoms with E-state index in [1.165, 1.54) is 25.7 Å². The van der Waals surface area contributed by atoms with Crippen LogP contribution in [0.25, 0.3) is 0 Å². The molecule has 0 atom stereocenters. The van der Waals surface area contributed by atoms with E-state index >= 15 is 0 Å². The summed E-state index contributed by atoms with van der Waals surface area (Å²) in [6, 6.07) is 10.1. The van der Waals surface area contributed by atoms with Gasteiger partial charge in [-0.05, 0) is 25.0 Å². The van der Waals surface area contributed by atoms with Gasteiger partial charge in [0.15, 0.2) is 0 Å². The molecule has 0 radical (unpaired) electrons. The van der Waals surface area contributed by atoms with E-state index in [2.05, 4.69) is 16.7 Å². The molecule has 0 spiro atoms.